The zero-order valence-corrected chi connectivity index (χ0v) is 23.9. The molecule has 218 valence electrons. The summed E-state index contributed by atoms with van der Waals surface area (Å²) >= 11 is 0. The van der Waals surface area contributed by atoms with Gasteiger partial charge in [0.25, 0.3) is 0 Å². The molecule has 3 aliphatic heterocycles. The van der Waals surface area contributed by atoms with E-state index in [-0.39, 0.29) is 23.1 Å². The molecule has 2 N–H and O–H groups in total. The number of aromatic nitrogens is 1. The molecule has 10 heteroatoms. The predicted molar refractivity (Wildman–Crippen MR) is 151 cm³/mol. The van der Waals surface area contributed by atoms with Gasteiger partial charge in [0.05, 0.1) is 57.8 Å². The van der Waals surface area contributed by atoms with Crippen LogP contribution >= 0.6 is 0 Å². The summed E-state index contributed by atoms with van der Waals surface area (Å²) in [7, 11) is 4.61. The summed E-state index contributed by atoms with van der Waals surface area (Å²) in [5, 5.41) is 23.0. The third-order valence-electron chi connectivity index (χ3n) is 9.54. The zero-order valence-electron chi connectivity index (χ0n) is 23.9. The zero-order chi connectivity index (χ0) is 29.1. The number of fused-ring (bicyclic) bond motifs is 3. The molecule has 0 radical (unpaired) electrons. The maximum atomic E-state index is 13.4. The fourth-order valence-corrected chi connectivity index (χ4v) is 7.90. The van der Waals surface area contributed by atoms with Crippen LogP contribution in [0, 0.1) is 22.7 Å². The molecule has 2 saturated heterocycles. The first-order valence-corrected chi connectivity index (χ1v) is 14.1. The van der Waals surface area contributed by atoms with Crippen molar-refractivity contribution >= 4 is 0 Å². The van der Waals surface area contributed by atoms with Crippen LogP contribution in [0.5, 0.6) is 17.5 Å². The second-order valence-electron chi connectivity index (χ2n) is 11.9. The number of nitrogens with one attached hydrogen (secondary N) is 1. The molecule has 2 aromatic carbocycles. The van der Waals surface area contributed by atoms with Crippen LogP contribution in [0.4, 0.5) is 0 Å². The van der Waals surface area contributed by atoms with Crippen LogP contribution in [-0.2, 0) is 20.8 Å². The molecule has 7 rings (SSSR count). The number of pyridine rings is 1. The van der Waals surface area contributed by atoms with Crippen LogP contribution in [0.1, 0.15) is 28.2 Å². The van der Waals surface area contributed by atoms with Gasteiger partial charge in [-0.15, -0.1) is 0 Å². The van der Waals surface area contributed by atoms with E-state index in [1.165, 1.54) is 14.2 Å². The van der Waals surface area contributed by atoms with E-state index in [9.17, 15) is 10.4 Å². The van der Waals surface area contributed by atoms with Crippen LogP contribution in [0.15, 0.2) is 60.7 Å². The topological polar surface area (TPSA) is 118 Å². The highest BCUT2D eigenvalue weighted by Gasteiger charge is 2.77. The van der Waals surface area contributed by atoms with Crippen LogP contribution in [0.25, 0.3) is 0 Å². The molecule has 10 nitrogen and oxygen atoms in total. The van der Waals surface area contributed by atoms with E-state index in [4.69, 9.17) is 23.8 Å². The third kappa shape index (κ3) is 3.65. The molecule has 42 heavy (non-hydrogen) atoms. The average molecular weight is 571 g/mol. The highest BCUT2D eigenvalue weighted by molar-refractivity contribution is 5.60. The second-order valence-corrected chi connectivity index (χ2v) is 11.9. The van der Waals surface area contributed by atoms with Crippen molar-refractivity contribution in [3.8, 4) is 23.6 Å². The molecule has 4 aliphatic rings. The molecule has 3 aromatic rings. The Bertz CT molecular complexity index is 1520. The van der Waals surface area contributed by atoms with Crippen molar-refractivity contribution < 1.29 is 28.9 Å². The lowest BCUT2D eigenvalue weighted by Crippen LogP contribution is -2.67. The Hall–Kier alpha value is -3.72. The Kier molecular flexibility index (Phi) is 6.42. The van der Waals surface area contributed by atoms with E-state index in [0.29, 0.717) is 29.3 Å². The number of aliphatic hydroxyl groups is 1. The van der Waals surface area contributed by atoms with Crippen molar-refractivity contribution in [1.29, 1.82) is 5.26 Å². The molecule has 5 atom stereocenters. The van der Waals surface area contributed by atoms with Crippen molar-refractivity contribution in [3.63, 3.8) is 0 Å². The lowest BCUT2D eigenvalue weighted by molar-refractivity contribution is -0.192. The van der Waals surface area contributed by atoms with Gasteiger partial charge in [-0.3, -0.25) is 0 Å². The smallest absolute Gasteiger partial charge is 0.226 e. The number of nitriles is 1. The first-order chi connectivity index (χ1) is 20.4. The van der Waals surface area contributed by atoms with Crippen molar-refractivity contribution in [2.24, 2.45) is 11.3 Å². The Morgan fingerprint density at radius 2 is 1.81 bits per heavy atom. The number of hydrogen-bond donors (Lipinski definition) is 2. The second kappa shape index (κ2) is 9.93. The molecule has 1 aromatic heterocycles. The lowest BCUT2D eigenvalue weighted by atomic mass is 9.70. The Labute approximate surface area is 244 Å². The summed E-state index contributed by atoms with van der Waals surface area (Å²) in [5.74, 6) is 0.421. The number of nitrogens with zero attached hydrogens (tertiary/aromatic N) is 3. The molecule has 1 saturated carbocycles. The van der Waals surface area contributed by atoms with Crippen LogP contribution in [0.2, 0.25) is 0 Å². The number of likely N-dealkylation sites (tertiary alicyclic amines) is 1. The third-order valence-corrected chi connectivity index (χ3v) is 9.54. The van der Waals surface area contributed by atoms with E-state index in [2.05, 4.69) is 33.6 Å². The van der Waals surface area contributed by atoms with Gasteiger partial charge in [0, 0.05) is 43.0 Å². The number of methoxy groups -OCH3 is 2. The normalized spacial score (nSPS) is 30.4. The van der Waals surface area contributed by atoms with E-state index < -0.39 is 17.2 Å². The number of ether oxygens (including phenoxy) is 4. The van der Waals surface area contributed by atoms with Gasteiger partial charge < -0.3 is 33.8 Å². The molecule has 1 spiro atoms. The molecular formula is C32H34N4O6. The highest BCUT2D eigenvalue weighted by Crippen LogP contribution is 2.70. The maximum absolute atomic E-state index is 13.4. The van der Waals surface area contributed by atoms with Crippen LogP contribution in [-0.4, -0.2) is 75.2 Å². The maximum Gasteiger partial charge on any atom is 0.226 e. The standard InChI is InChI=1S/C32H34N4O6/c1-38-25-13-24-27(29(34-25)39-2)31(37)28(35-40-3)23(15-36-16-30(17-36)18-41-19-30)26(21-7-5-4-6-8-21)32(31,42-24)22-11-9-20(14-33)10-12-22/h4-13,23,26,28,35,37H,15-19H2,1-3H3/t23-,26-,28-,31+,32+/m1/s1. The summed E-state index contributed by atoms with van der Waals surface area (Å²) in [6.45, 7) is 4.14. The minimum atomic E-state index is -1.70. The van der Waals surface area contributed by atoms with Crippen LogP contribution < -0.4 is 19.7 Å². The van der Waals surface area contributed by atoms with E-state index in [1.54, 1.807) is 25.3 Å². The average Bonchev–Trinajstić information content (AvgIpc) is 3.36. The van der Waals surface area contributed by atoms with E-state index in [0.717, 1.165) is 37.4 Å². The summed E-state index contributed by atoms with van der Waals surface area (Å²) in [6.07, 6.45) is 0. The molecule has 4 heterocycles. The Morgan fingerprint density at radius 3 is 2.40 bits per heavy atom. The molecule has 0 amide bonds. The first kappa shape index (κ1) is 27.1. The van der Waals surface area contributed by atoms with E-state index >= 15 is 0 Å². The van der Waals surface area contributed by atoms with Gasteiger partial charge in [-0.05, 0) is 23.3 Å². The first-order valence-electron chi connectivity index (χ1n) is 14.1. The predicted octanol–water partition coefficient (Wildman–Crippen LogP) is 2.71. The van der Waals surface area contributed by atoms with Crippen LogP contribution in [0.3, 0.4) is 0 Å². The number of benzene rings is 2. The molecule has 0 unspecified atom stereocenters. The van der Waals surface area contributed by atoms with Crippen molar-refractivity contribution in [2.45, 2.75) is 23.2 Å². The van der Waals surface area contributed by atoms with Crippen molar-refractivity contribution in [1.82, 2.24) is 15.4 Å². The van der Waals surface area contributed by atoms with Gasteiger partial charge in [0.15, 0.2) is 11.2 Å². The Balaban J connectivity index is 1.47. The molecular weight excluding hydrogens is 536 g/mol. The van der Waals surface area contributed by atoms with Gasteiger partial charge >= 0.3 is 0 Å². The summed E-state index contributed by atoms with van der Waals surface area (Å²) in [5.41, 5.74) is 3.08. The van der Waals surface area contributed by atoms with Gasteiger partial charge in [-0.1, -0.05) is 42.5 Å². The lowest BCUT2D eigenvalue weighted by Gasteiger charge is -2.56. The molecule has 3 fully saturated rings. The highest BCUT2D eigenvalue weighted by atomic mass is 16.6. The summed E-state index contributed by atoms with van der Waals surface area (Å²) in [6, 6.07) is 20.7. The molecule has 1 aliphatic carbocycles. The van der Waals surface area contributed by atoms with Gasteiger partial charge in [-0.2, -0.15) is 15.7 Å². The van der Waals surface area contributed by atoms with E-state index in [1.807, 2.05) is 30.3 Å². The van der Waals surface area contributed by atoms with Gasteiger partial charge in [-0.25, -0.2) is 0 Å². The van der Waals surface area contributed by atoms with Crippen molar-refractivity contribution in [3.05, 3.63) is 82.9 Å². The van der Waals surface area contributed by atoms with Gasteiger partial charge in [0.1, 0.15) is 5.75 Å². The van der Waals surface area contributed by atoms with Gasteiger partial charge in [0.2, 0.25) is 11.8 Å². The quantitative estimate of drug-likeness (QED) is 0.392. The fourth-order valence-electron chi connectivity index (χ4n) is 7.90. The Morgan fingerprint density at radius 1 is 1.07 bits per heavy atom. The number of hydrogen-bond acceptors (Lipinski definition) is 10. The minimum absolute atomic E-state index is 0.175. The fraction of sp³-hybridized carbons (Fsp3) is 0.438. The summed E-state index contributed by atoms with van der Waals surface area (Å²) in [4.78, 5) is 12.6. The monoisotopic (exact) mass is 570 g/mol. The van der Waals surface area contributed by atoms with Crippen molar-refractivity contribution in [2.75, 3.05) is 54.2 Å². The summed E-state index contributed by atoms with van der Waals surface area (Å²) < 4.78 is 23.9. The largest absolute Gasteiger partial charge is 0.481 e. The number of rotatable bonds is 8. The molecule has 0 bridgehead atoms. The number of hydroxylamine groups is 1. The minimum Gasteiger partial charge on any atom is -0.481 e. The SMILES string of the molecule is CON[C@@H]1[C@H](CN2CC3(COC3)C2)[C@@H](c2ccccc2)[C@]2(c3ccc(C#N)cc3)Oc3cc(OC)nc(OC)c3[C@]12O.